The average Bonchev–Trinajstić information content (AvgIpc) is 2.77. The van der Waals surface area contributed by atoms with Gasteiger partial charge >= 0.3 is 0 Å². The van der Waals surface area contributed by atoms with Crippen molar-refractivity contribution >= 4 is 5.91 Å². The topological polar surface area (TPSA) is 46.9 Å². The van der Waals surface area contributed by atoms with Crippen molar-refractivity contribution in [3.8, 4) is 0 Å². The number of hydrogen-bond donors (Lipinski definition) is 1. The molecule has 0 saturated heterocycles. The summed E-state index contributed by atoms with van der Waals surface area (Å²) >= 11 is 0. The molecular formula is C14H25N3O. The summed E-state index contributed by atoms with van der Waals surface area (Å²) < 4.78 is 2.17. The Balaban J connectivity index is 1.96. The van der Waals surface area contributed by atoms with Crippen LogP contribution >= 0.6 is 0 Å². The van der Waals surface area contributed by atoms with Gasteiger partial charge in [-0.1, -0.05) is 19.8 Å². The highest BCUT2D eigenvalue weighted by Crippen LogP contribution is 2.06. The maximum absolute atomic E-state index is 11.3. The van der Waals surface area contributed by atoms with Crippen LogP contribution in [0.15, 0.2) is 12.4 Å². The van der Waals surface area contributed by atoms with Crippen LogP contribution in [0, 0.1) is 6.92 Å². The number of carbonyl (C=O) groups is 1. The lowest BCUT2D eigenvalue weighted by atomic mass is 10.1. The molecule has 1 N–H and O–H groups in total. The molecule has 4 heteroatoms. The monoisotopic (exact) mass is 251 g/mol. The fourth-order valence-corrected chi connectivity index (χ4v) is 1.91. The Morgan fingerprint density at radius 3 is 2.78 bits per heavy atom. The first kappa shape index (κ1) is 14.7. The van der Waals surface area contributed by atoms with Crippen molar-refractivity contribution in [3.63, 3.8) is 0 Å². The van der Waals surface area contributed by atoms with Gasteiger partial charge < -0.3 is 9.88 Å². The van der Waals surface area contributed by atoms with Crippen LogP contribution in [0.4, 0.5) is 0 Å². The predicted molar refractivity (Wildman–Crippen MR) is 73.3 cm³/mol. The Hall–Kier alpha value is -1.32. The van der Waals surface area contributed by atoms with Crippen molar-refractivity contribution in [1.29, 1.82) is 0 Å². The smallest absolute Gasteiger partial charge is 0.219 e. The third kappa shape index (κ3) is 5.84. The van der Waals surface area contributed by atoms with Gasteiger partial charge in [0.15, 0.2) is 0 Å². The molecule has 0 aliphatic carbocycles. The number of imidazole rings is 1. The van der Waals surface area contributed by atoms with Gasteiger partial charge in [-0.25, -0.2) is 4.98 Å². The fourth-order valence-electron chi connectivity index (χ4n) is 1.91. The summed E-state index contributed by atoms with van der Waals surface area (Å²) in [5.74, 6) is 1.27. The number of aromatic nitrogens is 2. The van der Waals surface area contributed by atoms with E-state index in [1.54, 1.807) is 0 Å². The summed E-state index contributed by atoms with van der Waals surface area (Å²) in [5.41, 5.74) is 0. The molecule has 0 radical (unpaired) electrons. The number of nitrogens with one attached hydrogen (secondary N) is 1. The Morgan fingerprint density at radius 1 is 1.33 bits per heavy atom. The molecule has 1 aromatic heterocycles. The van der Waals surface area contributed by atoms with Crippen molar-refractivity contribution in [1.82, 2.24) is 14.9 Å². The van der Waals surface area contributed by atoms with E-state index >= 15 is 0 Å². The molecule has 0 unspecified atom stereocenters. The first-order chi connectivity index (χ1) is 8.74. The second-order valence-electron chi connectivity index (χ2n) is 4.68. The number of rotatable bonds is 9. The number of amides is 1. The van der Waals surface area contributed by atoms with E-state index in [0.29, 0.717) is 6.42 Å². The van der Waals surface area contributed by atoms with E-state index in [9.17, 15) is 4.79 Å². The molecule has 1 amide bonds. The summed E-state index contributed by atoms with van der Waals surface area (Å²) in [4.78, 5) is 15.5. The lowest BCUT2D eigenvalue weighted by Gasteiger charge is -2.05. The molecule has 1 heterocycles. The number of nitrogens with zero attached hydrogens (tertiary/aromatic N) is 2. The first-order valence-corrected chi connectivity index (χ1v) is 6.98. The lowest BCUT2D eigenvalue weighted by molar-refractivity contribution is -0.121. The first-order valence-electron chi connectivity index (χ1n) is 6.98. The molecule has 0 atom stereocenters. The van der Waals surface area contributed by atoms with E-state index in [1.165, 1.54) is 6.42 Å². The van der Waals surface area contributed by atoms with Gasteiger partial charge in [-0.05, 0) is 26.2 Å². The van der Waals surface area contributed by atoms with Gasteiger partial charge in [-0.3, -0.25) is 4.79 Å². The number of hydrogen-bond acceptors (Lipinski definition) is 2. The molecule has 0 aliphatic rings. The Morgan fingerprint density at radius 2 is 2.11 bits per heavy atom. The summed E-state index contributed by atoms with van der Waals surface area (Å²) in [6, 6.07) is 0. The maximum atomic E-state index is 11.3. The summed E-state index contributed by atoms with van der Waals surface area (Å²) in [5, 5.41) is 2.90. The molecule has 0 saturated carbocycles. The van der Waals surface area contributed by atoms with Crippen LogP contribution in [-0.2, 0) is 11.3 Å². The quantitative estimate of drug-likeness (QED) is 0.686. The van der Waals surface area contributed by atoms with Crippen molar-refractivity contribution in [2.24, 2.45) is 0 Å². The normalized spacial score (nSPS) is 10.6. The Kier molecular flexibility index (Phi) is 7.14. The summed E-state index contributed by atoms with van der Waals surface area (Å²) in [6.07, 6.45) is 10.0. The highest BCUT2D eigenvalue weighted by atomic mass is 16.1. The van der Waals surface area contributed by atoms with E-state index in [2.05, 4.69) is 21.8 Å². The second-order valence-corrected chi connectivity index (χ2v) is 4.68. The average molecular weight is 251 g/mol. The van der Waals surface area contributed by atoms with Crippen LogP contribution in [0.3, 0.4) is 0 Å². The maximum Gasteiger partial charge on any atom is 0.219 e. The molecule has 4 nitrogen and oxygen atoms in total. The van der Waals surface area contributed by atoms with Gasteiger partial charge in [0, 0.05) is 31.9 Å². The zero-order chi connectivity index (χ0) is 13.2. The third-order valence-electron chi connectivity index (χ3n) is 3.05. The van der Waals surface area contributed by atoms with E-state index in [0.717, 1.165) is 44.6 Å². The number of carbonyl (C=O) groups excluding carboxylic acids is 1. The Bertz CT molecular complexity index is 347. The number of unbranched alkanes of at least 4 members (excludes halogenated alkanes) is 3. The van der Waals surface area contributed by atoms with Crippen molar-refractivity contribution in [2.45, 2.75) is 58.9 Å². The molecule has 1 aromatic rings. The van der Waals surface area contributed by atoms with Crippen molar-refractivity contribution in [3.05, 3.63) is 18.2 Å². The lowest BCUT2D eigenvalue weighted by Crippen LogP contribution is -2.23. The minimum atomic E-state index is 0.197. The highest BCUT2D eigenvalue weighted by Gasteiger charge is 2.00. The molecule has 1 rings (SSSR count). The molecule has 0 fully saturated rings. The molecular weight excluding hydrogens is 226 g/mol. The van der Waals surface area contributed by atoms with Crippen LogP contribution in [0.2, 0.25) is 0 Å². The Labute approximate surface area is 110 Å². The molecule has 0 aliphatic heterocycles. The van der Waals surface area contributed by atoms with Crippen LogP contribution in [0.1, 0.15) is 51.3 Å². The minimum Gasteiger partial charge on any atom is -0.356 e. The zero-order valence-electron chi connectivity index (χ0n) is 11.6. The zero-order valence-corrected chi connectivity index (χ0v) is 11.6. The highest BCUT2D eigenvalue weighted by molar-refractivity contribution is 5.75. The van der Waals surface area contributed by atoms with E-state index in [1.807, 2.05) is 19.3 Å². The third-order valence-corrected chi connectivity index (χ3v) is 3.05. The minimum absolute atomic E-state index is 0.197. The van der Waals surface area contributed by atoms with Crippen LogP contribution < -0.4 is 5.32 Å². The van der Waals surface area contributed by atoms with Gasteiger partial charge in [0.1, 0.15) is 5.82 Å². The van der Waals surface area contributed by atoms with E-state index < -0.39 is 0 Å². The van der Waals surface area contributed by atoms with Gasteiger partial charge in [-0.2, -0.15) is 0 Å². The predicted octanol–water partition coefficient (Wildman–Crippen LogP) is 2.67. The fraction of sp³-hybridized carbons (Fsp3) is 0.714. The van der Waals surface area contributed by atoms with E-state index in [4.69, 9.17) is 0 Å². The molecule has 102 valence electrons. The van der Waals surface area contributed by atoms with Crippen molar-refractivity contribution in [2.75, 3.05) is 6.54 Å². The van der Waals surface area contributed by atoms with Gasteiger partial charge in [0.25, 0.3) is 0 Å². The van der Waals surface area contributed by atoms with Crippen LogP contribution in [-0.4, -0.2) is 22.0 Å². The summed E-state index contributed by atoms with van der Waals surface area (Å²) in [7, 11) is 0. The molecule has 0 spiro atoms. The molecule has 0 bridgehead atoms. The van der Waals surface area contributed by atoms with Gasteiger partial charge in [0.2, 0.25) is 5.91 Å². The number of aryl methyl sites for hydroxylation is 2. The largest absolute Gasteiger partial charge is 0.356 e. The summed E-state index contributed by atoms with van der Waals surface area (Å²) in [6.45, 7) is 5.93. The SMILES string of the molecule is CCCNC(=O)CCCCCCn1ccnc1C. The second kappa shape index (κ2) is 8.72. The van der Waals surface area contributed by atoms with Crippen molar-refractivity contribution < 1.29 is 4.79 Å². The van der Waals surface area contributed by atoms with E-state index in [-0.39, 0.29) is 5.91 Å². The van der Waals surface area contributed by atoms with Crippen LogP contribution in [0.5, 0.6) is 0 Å². The molecule has 18 heavy (non-hydrogen) atoms. The van der Waals surface area contributed by atoms with Gasteiger partial charge in [-0.15, -0.1) is 0 Å². The standard InChI is InChI=1S/C14H25N3O/c1-3-9-16-14(18)8-6-4-5-7-11-17-12-10-15-13(17)2/h10,12H,3-9,11H2,1-2H3,(H,16,18). The van der Waals surface area contributed by atoms with Crippen LogP contribution in [0.25, 0.3) is 0 Å². The van der Waals surface area contributed by atoms with Gasteiger partial charge in [0.05, 0.1) is 0 Å². The molecule has 0 aromatic carbocycles.